The second-order valence-corrected chi connectivity index (χ2v) is 4.68. The Morgan fingerprint density at radius 1 is 1.05 bits per heavy atom. The Morgan fingerprint density at radius 2 is 1.68 bits per heavy atom. The lowest BCUT2D eigenvalue weighted by atomic mass is 10.2. The third kappa shape index (κ3) is 3.77. The number of hydrogen-bond acceptors (Lipinski definition) is 3. The van der Waals surface area contributed by atoms with Gasteiger partial charge in [-0.05, 0) is 36.2 Å². The van der Waals surface area contributed by atoms with E-state index in [1.54, 1.807) is 12.1 Å². The first kappa shape index (κ1) is 15.9. The number of para-hydroxylation sites is 1. The van der Waals surface area contributed by atoms with Crippen LogP contribution in [-0.2, 0) is 11.3 Å². The van der Waals surface area contributed by atoms with Crippen LogP contribution in [0.15, 0.2) is 54.6 Å². The number of carbonyl (C=O) groups excluding carboxylic acids is 1. The standard InChI is InChI=1S/C17H20N2O3/c1-4-14-10-12-16(13-11-14)22-19(17(20)18(2)21-3)15-8-6-5-7-9-15/h5-13H,4H2,1-3H3. The molecule has 2 aromatic carbocycles. The molecule has 2 rings (SSSR count). The summed E-state index contributed by atoms with van der Waals surface area (Å²) < 4.78 is 0. The molecule has 5 nitrogen and oxygen atoms in total. The number of rotatable bonds is 5. The lowest BCUT2D eigenvalue weighted by Crippen LogP contribution is -2.42. The van der Waals surface area contributed by atoms with Crippen molar-refractivity contribution in [1.29, 1.82) is 0 Å². The molecule has 0 aliphatic heterocycles. The van der Waals surface area contributed by atoms with Gasteiger partial charge in [0.15, 0.2) is 5.75 Å². The van der Waals surface area contributed by atoms with Gasteiger partial charge in [-0.1, -0.05) is 37.3 Å². The summed E-state index contributed by atoms with van der Waals surface area (Å²) in [5, 5.41) is 2.30. The quantitative estimate of drug-likeness (QED) is 0.791. The van der Waals surface area contributed by atoms with Gasteiger partial charge in [-0.15, -0.1) is 5.06 Å². The van der Waals surface area contributed by atoms with Crippen molar-refractivity contribution in [1.82, 2.24) is 5.06 Å². The predicted octanol–water partition coefficient (Wildman–Crippen LogP) is 3.66. The van der Waals surface area contributed by atoms with Crippen molar-refractivity contribution < 1.29 is 14.5 Å². The Morgan fingerprint density at radius 3 is 2.23 bits per heavy atom. The van der Waals surface area contributed by atoms with Crippen LogP contribution in [0.5, 0.6) is 5.75 Å². The van der Waals surface area contributed by atoms with E-state index < -0.39 is 6.03 Å². The van der Waals surface area contributed by atoms with Crippen LogP contribution in [0.2, 0.25) is 0 Å². The Labute approximate surface area is 130 Å². The van der Waals surface area contributed by atoms with Crippen molar-refractivity contribution in [2.75, 3.05) is 19.2 Å². The zero-order chi connectivity index (χ0) is 15.9. The summed E-state index contributed by atoms with van der Waals surface area (Å²) in [5.41, 5.74) is 1.83. The molecule has 0 aliphatic carbocycles. The highest BCUT2D eigenvalue weighted by Crippen LogP contribution is 2.20. The number of amides is 2. The third-order valence-corrected chi connectivity index (χ3v) is 3.24. The molecule has 2 amide bonds. The number of benzene rings is 2. The third-order valence-electron chi connectivity index (χ3n) is 3.24. The fourth-order valence-corrected chi connectivity index (χ4v) is 1.86. The first-order valence-electron chi connectivity index (χ1n) is 7.09. The summed E-state index contributed by atoms with van der Waals surface area (Å²) in [7, 11) is 2.96. The zero-order valence-corrected chi connectivity index (χ0v) is 13.0. The van der Waals surface area contributed by atoms with Crippen molar-refractivity contribution in [3.63, 3.8) is 0 Å². The number of hydrogen-bond donors (Lipinski definition) is 0. The number of aryl methyl sites for hydroxylation is 1. The lowest BCUT2D eigenvalue weighted by molar-refractivity contribution is -0.0669. The topological polar surface area (TPSA) is 42.0 Å². The smallest absolute Gasteiger partial charge is 0.370 e. The molecule has 22 heavy (non-hydrogen) atoms. The van der Waals surface area contributed by atoms with E-state index in [4.69, 9.17) is 9.68 Å². The molecule has 2 aromatic rings. The number of nitrogens with zero attached hydrogens (tertiary/aromatic N) is 2. The Kier molecular flexibility index (Phi) is 5.38. The molecule has 0 spiro atoms. The van der Waals surface area contributed by atoms with Crippen molar-refractivity contribution in [2.45, 2.75) is 13.3 Å². The van der Waals surface area contributed by atoms with Crippen LogP contribution in [0.25, 0.3) is 0 Å². The summed E-state index contributed by atoms with van der Waals surface area (Å²) in [6, 6.07) is 16.4. The van der Waals surface area contributed by atoms with Gasteiger partial charge < -0.3 is 4.84 Å². The summed E-state index contributed by atoms with van der Waals surface area (Å²) in [4.78, 5) is 23.1. The molecular formula is C17H20N2O3. The molecule has 0 atom stereocenters. The van der Waals surface area contributed by atoms with Crippen molar-refractivity contribution in [3.05, 3.63) is 60.2 Å². The summed E-state index contributed by atoms with van der Waals surface area (Å²) >= 11 is 0. The molecule has 0 N–H and O–H groups in total. The van der Waals surface area contributed by atoms with E-state index >= 15 is 0 Å². The summed E-state index contributed by atoms with van der Waals surface area (Å²) in [6.45, 7) is 2.09. The monoisotopic (exact) mass is 300 g/mol. The van der Waals surface area contributed by atoms with Crippen LogP contribution >= 0.6 is 0 Å². The minimum Gasteiger partial charge on any atom is -0.370 e. The first-order valence-corrected chi connectivity index (χ1v) is 7.09. The Bertz CT molecular complexity index is 599. The second-order valence-electron chi connectivity index (χ2n) is 4.68. The number of hydroxylamine groups is 3. The normalized spacial score (nSPS) is 10.1. The number of carbonyl (C=O) groups is 1. The molecule has 0 heterocycles. The van der Waals surface area contributed by atoms with Gasteiger partial charge in [0.1, 0.15) is 0 Å². The van der Waals surface area contributed by atoms with Crippen LogP contribution < -0.4 is 9.90 Å². The van der Waals surface area contributed by atoms with E-state index in [2.05, 4.69) is 6.92 Å². The predicted molar refractivity (Wildman–Crippen MR) is 85.5 cm³/mol. The van der Waals surface area contributed by atoms with Gasteiger partial charge in [0, 0.05) is 7.05 Å². The molecule has 5 heteroatoms. The highest BCUT2D eigenvalue weighted by molar-refractivity contribution is 5.89. The lowest BCUT2D eigenvalue weighted by Gasteiger charge is -2.26. The second kappa shape index (κ2) is 7.47. The average molecular weight is 300 g/mol. The average Bonchev–Trinajstić information content (AvgIpc) is 2.59. The Balaban J connectivity index is 2.26. The SMILES string of the molecule is CCc1ccc(ON(C(=O)N(C)OC)c2ccccc2)cc1. The van der Waals surface area contributed by atoms with E-state index in [1.807, 2.05) is 42.5 Å². The Hall–Kier alpha value is -2.53. The maximum atomic E-state index is 12.4. The van der Waals surface area contributed by atoms with Crippen LogP contribution in [0.4, 0.5) is 10.5 Å². The van der Waals surface area contributed by atoms with Crippen LogP contribution in [0.3, 0.4) is 0 Å². The molecular weight excluding hydrogens is 280 g/mol. The van der Waals surface area contributed by atoms with E-state index in [9.17, 15) is 4.79 Å². The van der Waals surface area contributed by atoms with Crippen LogP contribution in [-0.4, -0.2) is 25.3 Å². The number of anilines is 1. The van der Waals surface area contributed by atoms with Crippen molar-refractivity contribution in [3.8, 4) is 5.75 Å². The fraction of sp³-hybridized carbons (Fsp3) is 0.235. The van der Waals surface area contributed by atoms with Gasteiger partial charge in [0.25, 0.3) is 0 Å². The molecule has 0 unspecified atom stereocenters. The van der Waals surface area contributed by atoms with Crippen LogP contribution in [0, 0.1) is 0 Å². The van der Waals surface area contributed by atoms with Gasteiger partial charge in [-0.2, -0.15) is 0 Å². The minimum absolute atomic E-state index is 0.423. The van der Waals surface area contributed by atoms with Crippen LogP contribution in [0.1, 0.15) is 12.5 Å². The molecule has 0 radical (unpaired) electrons. The van der Waals surface area contributed by atoms with Gasteiger partial charge in [-0.3, -0.25) is 4.84 Å². The maximum absolute atomic E-state index is 12.4. The molecule has 0 aliphatic rings. The van der Waals surface area contributed by atoms with Gasteiger partial charge in [0.2, 0.25) is 0 Å². The van der Waals surface area contributed by atoms with Gasteiger partial charge in [0.05, 0.1) is 12.8 Å². The van der Waals surface area contributed by atoms with Gasteiger partial charge in [-0.25, -0.2) is 9.86 Å². The van der Waals surface area contributed by atoms with Gasteiger partial charge >= 0.3 is 6.03 Å². The molecule has 0 bridgehead atoms. The molecule has 0 aromatic heterocycles. The van der Waals surface area contributed by atoms with Crippen molar-refractivity contribution in [2.24, 2.45) is 0 Å². The van der Waals surface area contributed by atoms with E-state index in [0.717, 1.165) is 11.5 Å². The maximum Gasteiger partial charge on any atom is 0.381 e. The highest BCUT2D eigenvalue weighted by Gasteiger charge is 2.22. The van der Waals surface area contributed by atoms with Crippen molar-refractivity contribution >= 4 is 11.7 Å². The molecule has 116 valence electrons. The number of urea groups is 1. The summed E-state index contributed by atoms with van der Waals surface area (Å²) in [6.07, 6.45) is 0.952. The minimum atomic E-state index is -0.423. The molecule has 0 saturated carbocycles. The molecule has 0 saturated heterocycles. The van der Waals surface area contributed by atoms with E-state index in [1.165, 1.54) is 24.8 Å². The van der Waals surface area contributed by atoms with E-state index in [0.29, 0.717) is 11.4 Å². The first-order chi connectivity index (χ1) is 10.7. The van der Waals surface area contributed by atoms with E-state index in [-0.39, 0.29) is 0 Å². The highest BCUT2D eigenvalue weighted by atomic mass is 16.7. The fourth-order valence-electron chi connectivity index (χ4n) is 1.86. The largest absolute Gasteiger partial charge is 0.381 e. The zero-order valence-electron chi connectivity index (χ0n) is 13.0. The summed E-state index contributed by atoms with van der Waals surface area (Å²) in [5.74, 6) is 0.582. The molecule has 0 fully saturated rings.